The summed E-state index contributed by atoms with van der Waals surface area (Å²) in [4.78, 5) is 8.36. The Morgan fingerprint density at radius 1 is 1.17 bits per heavy atom. The van der Waals surface area contributed by atoms with Crippen LogP contribution in [0, 0.1) is 18.3 Å². The summed E-state index contributed by atoms with van der Waals surface area (Å²) in [6.45, 7) is 12.1. The van der Waals surface area contributed by atoms with E-state index < -0.39 is 13.7 Å². The van der Waals surface area contributed by atoms with Gasteiger partial charge in [0.1, 0.15) is 18.3 Å². The first-order chi connectivity index (χ1) is 16.6. The number of benzene rings is 2. The van der Waals surface area contributed by atoms with E-state index in [0.29, 0.717) is 24.7 Å². The molecule has 0 aliphatic carbocycles. The van der Waals surface area contributed by atoms with Crippen molar-refractivity contribution in [1.29, 1.82) is 5.26 Å². The number of fused-ring (bicyclic) bond motifs is 2. The van der Waals surface area contributed by atoms with Crippen LogP contribution in [0.15, 0.2) is 36.5 Å². The minimum Gasteiger partial charge on any atom is -0.496 e. The number of aromatic nitrogens is 3. The third-order valence-corrected chi connectivity index (χ3v) is 8.33. The van der Waals surface area contributed by atoms with Crippen molar-refractivity contribution in [2.45, 2.75) is 51.9 Å². The number of methoxy groups -OCH3 is 2. The van der Waals surface area contributed by atoms with Gasteiger partial charge < -0.3 is 23.8 Å². The molecule has 35 heavy (non-hydrogen) atoms. The molecule has 0 spiro atoms. The minimum atomic E-state index is -1.24. The molecule has 0 saturated carbocycles. The molecule has 4 aromatic rings. The molecule has 0 aliphatic heterocycles. The topological polar surface area (TPSA) is 85.1 Å². The van der Waals surface area contributed by atoms with Crippen molar-refractivity contribution in [2.24, 2.45) is 0 Å². The van der Waals surface area contributed by atoms with E-state index in [1.807, 2.05) is 42.0 Å². The first-order valence-electron chi connectivity index (χ1n) is 11.8. The fraction of sp³-hybridized carbons (Fsp3) is 0.407. The van der Waals surface area contributed by atoms with Gasteiger partial charge in [0, 0.05) is 44.5 Å². The van der Waals surface area contributed by atoms with Gasteiger partial charge in [0.05, 0.1) is 29.8 Å². The van der Waals surface area contributed by atoms with E-state index in [0.717, 1.165) is 44.9 Å². The Morgan fingerprint density at radius 2 is 1.94 bits per heavy atom. The van der Waals surface area contributed by atoms with Crippen LogP contribution in [0.4, 0.5) is 0 Å². The van der Waals surface area contributed by atoms with Gasteiger partial charge in [0.25, 0.3) is 0 Å². The maximum atomic E-state index is 9.52. The van der Waals surface area contributed by atoms with E-state index in [4.69, 9.17) is 19.2 Å². The van der Waals surface area contributed by atoms with Crippen molar-refractivity contribution in [3.63, 3.8) is 0 Å². The quantitative estimate of drug-likeness (QED) is 0.232. The van der Waals surface area contributed by atoms with E-state index in [1.54, 1.807) is 20.3 Å². The smallest absolute Gasteiger partial charge is 0.152 e. The summed E-state index contributed by atoms with van der Waals surface area (Å²) in [5, 5.41) is 10.5. The van der Waals surface area contributed by atoms with E-state index in [2.05, 4.69) is 37.6 Å². The maximum absolute atomic E-state index is 9.52. The molecule has 0 saturated heterocycles. The predicted molar refractivity (Wildman–Crippen MR) is 142 cm³/mol. The number of nitrogens with zero attached hydrogens (tertiary/aromatic N) is 3. The zero-order valence-corrected chi connectivity index (χ0v) is 22.7. The van der Waals surface area contributed by atoms with Gasteiger partial charge >= 0.3 is 0 Å². The molecule has 1 atom stereocenters. The summed E-state index contributed by atoms with van der Waals surface area (Å²) in [6, 6.07) is 12.9. The van der Waals surface area contributed by atoms with Crippen molar-refractivity contribution in [1.82, 2.24) is 14.5 Å². The van der Waals surface area contributed by atoms with Gasteiger partial charge in [-0.25, -0.2) is 4.98 Å². The average Bonchev–Trinajstić information content (AvgIpc) is 3.46. The molecule has 7 nitrogen and oxygen atoms in total. The Morgan fingerprint density at radius 3 is 2.60 bits per heavy atom. The van der Waals surface area contributed by atoms with E-state index in [-0.39, 0.29) is 0 Å². The highest BCUT2D eigenvalue weighted by Gasteiger charge is 2.39. The molecule has 8 heteroatoms. The molecule has 1 N–H and O–H groups in total. The summed E-state index contributed by atoms with van der Waals surface area (Å²) < 4.78 is 20.3. The van der Waals surface area contributed by atoms with Gasteiger partial charge in [-0.2, -0.15) is 5.26 Å². The van der Waals surface area contributed by atoms with Crippen LogP contribution in [0.2, 0.25) is 25.7 Å². The molecule has 0 radical (unpaired) electrons. The van der Waals surface area contributed by atoms with Crippen LogP contribution in [0.25, 0.3) is 21.9 Å². The van der Waals surface area contributed by atoms with E-state index in [9.17, 15) is 5.26 Å². The fourth-order valence-corrected chi connectivity index (χ4v) is 5.31. The summed E-state index contributed by atoms with van der Waals surface area (Å²) >= 11 is 0. The largest absolute Gasteiger partial charge is 0.496 e. The van der Waals surface area contributed by atoms with Crippen molar-refractivity contribution >= 4 is 30.0 Å². The van der Waals surface area contributed by atoms with Gasteiger partial charge in [0.15, 0.2) is 5.60 Å². The highest BCUT2D eigenvalue weighted by Crippen LogP contribution is 2.44. The molecule has 2 heterocycles. The number of imidazole rings is 1. The van der Waals surface area contributed by atoms with Crippen LogP contribution in [0.5, 0.6) is 5.75 Å². The summed E-state index contributed by atoms with van der Waals surface area (Å²) in [7, 11) is 2.13. The first-order valence-corrected chi connectivity index (χ1v) is 15.5. The molecule has 0 amide bonds. The molecule has 0 bridgehead atoms. The predicted octanol–water partition coefficient (Wildman–Crippen LogP) is 5.93. The Kier molecular flexibility index (Phi) is 6.78. The molecule has 0 fully saturated rings. The summed E-state index contributed by atoms with van der Waals surface area (Å²) in [6.07, 6.45) is 1.93. The lowest BCUT2D eigenvalue weighted by molar-refractivity contribution is 0.0172. The standard InChI is InChI=1S/C27H34N4O3Si/c1-18-14-23(32-3)24(20-10-11-29-25(18)20)27(2,33-4)26-30-21-9-8-19(16-28)15-22(21)31(26)17-34-12-13-35(5,6)7/h8-11,14-15,29H,12-13,17H2,1-7H3. The molecule has 1 unspecified atom stereocenters. The molecule has 0 aliphatic rings. The second-order valence-electron chi connectivity index (χ2n) is 10.3. The van der Waals surface area contributed by atoms with Crippen LogP contribution in [-0.4, -0.2) is 43.4 Å². The highest BCUT2D eigenvalue weighted by atomic mass is 28.3. The minimum absolute atomic E-state index is 0.314. The van der Waals surface area contributed by atoms with Crippen LogP contribution >= 0.6 is 0 Å². The van der Waals surface area contributed by atoms with Gasteiger partial charge in [-0.1, -0.05) is 19.6 Å². The zero-order valence-electron chi connectivity index (χ0n) is 21.7. The normalized spacial score (nSPS) is 13.8. The Bertz CT molecular complexity index is 1410. The molecular formula is C27H34N4O3Si. The number of nitrogens with one attached hydrogen (secondary N) is 1. The van der Waals surface area contributed by atoms with E-state index >= 15 is 0 Å². The van der Waals surface area contributed by atoms with Gasteiger partial charge in [-0.15, -0.1) is 0 Å². The van der Waals surface area contributed by atoms with Crippen molar-refractivity contribution < 1.29 is 14.2 Å². The fourth-order valence-electron chi connectivity index (χ4n) is 4.56. The maximum Gasteiger partial charge on any atom is 0.152 e. The van der Waals surface area contributed by atoms with Crippen LogP contribution in [0.1, 0.15) is 29.4 Å². The second-order valence-corrected chi connectivity index (χ2v) is 15.9. The Labute approximate surface area is 207 Å². The molecule has 184 valence electrons. The SMILES string of the molecule is COc1cc(C)c2[nH]ccc2c1C(C)(OC)c1nc2ccc(C#N)cc2n1COCC[Si](C)(C)C. The number of nitriles is 1. The number of aromatic amines is 1. The van der Waals surface area contributed by atoms with Crippen molar-refractivity contribution in [3.8, 4) is 11.8 Å². The van der Waals surface area contributed by atoms with Crippen LogP contribution in [0.3, 0.4) is 0 Å². The summed E-state index contributed by atoms with van der Waals surface area (Å²) in [5.41, 5.74) is 4.26. The lowest BCUT2D eigenvalue weighted by Crippen LogP contribution is -2.31. The second kappa shape index (κ2) is 9.50. The third kappa shape index (κ3) is 4.59. The average molecular weight is 491 g/mol. The van der Waals surface area contributed by atoms with Crippen molar-refractivity contribution in [3.05, 3.63) is 59.0 Å². The molecule has 2 aromatic heterocycles. The van der Waals surface area contributed by atoms with Crippen LogP contribution < -0.4 is 4.74 Å². The number of hydrogen-bond donors (Lipinski definition) is 1. The van der Waals surface area contributed by atoms with Crippen LogP contribution in [-0.2, 0) is 21.8 Å². The Hall–Kier alpha value is -3.12. The lowest BCUT2D eigenvalue weighted by Gasteiger charge is -2.31. The summed E-state index contributed by atoms with van der Waals surface area (Å²) in [5.74, 6) is 1.43. The number of ether oxygens (including phenoxy) is 3. The number of hydrogen-bond acceptors (Lipinski definition) is 5. The first kappa shape index (κ1) is 25.0. The number of rotatable bonds is 9. The number of H-pyrrole nitrogens is 1. The Balaban J connectivity index is 1.92. The van der Waals surface area contributed by atoms with Gasteiger partial charge in [-0.05, 0) is 55.8 Å². The number of aryl methyl sites for hydroxylation is 1. The van der Waals surface area contributed by atoms with Crippen molar-refractivity contribution in [2.75, 3.05) is 20.8 Å². The van der Waals surface area contributed by atoms with Gasteiger partial charge in [-0.3, -0.25) is 0 Å². The van der Waals surface area contributed by atoms with E-state index in [1.165, 1.54) is 0 Å². The van der Waals surface area contributed by atoms with Gasteiger partial charge in [0.2, 0.25) is 0 Å². The lowest BCUT2D eigenvalue weighted by atomic mass is 9.89. The molecule has 2 aromatic carbocycles. The monoisotopic (exact) mass is 490 g/mol. The zero-order chi connectivity index (χ0) is 25.4. The molecule has 4 rings (SSSR count). The highest BCUT2D eigenvalue weighted by molar-refractivity contribution is 6.76. The molecular weight excluding hydrogens is 456 g/mol. The third-order valence-electron chi connectivity index (χ3n) is 6.63.